The van der Waals surface area contributed by atoms with E-state index in [1.54, 1.807) is 30.3 Å². The van der Waals surface area contributed by atoms with E-state index in [2.05, 4.69) is 21.4 Å². The zero-order chi connectivity index (χ0) is 26.5. The molecule has 0 radical (unpaired) electrons. The monoisotopic (exact) mass is 516 g/mol. The molecule has 2 unspecified atom stereocenters. The molecule has 1 heterocycles. The number of carbonyl (C=O) groups is 1. The molecule has 0 saturated carbocycles. The number of nitrogens with zero attached hydrogens (tertiary/aromatic N) is 3. The summed E-state index contributed by atoms with van der Waals surface area (Å²) in [6, 6.07) is 17.2. The van der Waals surface area contributed by atoms with Crippen LogP contribution >= 0.6 is 11.6 Å². The first-order valence-electron chi connectivity index (χ1n) is 11.0. The third-order valence-electron chi connectivity index (χ3n) is 5.76. The van der Waals surface area contributed by atoms with Gasteiger partial charge in [0, 0.05) is 23.6 Å². The van der Waals surface area contributed by atoms with Crippen LogP contribution in [0, 0.1) is 11.3 Å². The highest BCUT2D eigenvalue weighted by Crippen LogP contribution is 2.34. The molecule has 10 heteroatoms. The van der Waals surface area contributed by atoms with Gasteiger partial charge in [0.05, 0.1) is 11.6 Å². The van der Waals surface area contributed by atoms with E-state index in [0.29, 0.717) is 16.7 Å². The average Bonchev–Trinajstić information content (AvgIpc) is 2.84. The number of carbonyl (C=O) groups excluding carboxylic acids is 1. The molecular formula is C26H24ClF3N4O2. The number of aromatic nitrogens is 2. The van der Waals surface area contributed by atoms with Crippen LogP contribution in [-0.2, 0) is 11.0 Å². The minimum atomic E-state index is -4.67. The third-order valence-corrected chi connectivity index (χ3v) is 6.02. The Morgan fingerprint density at radius 3 is 2.44 bits per heavy atom. The van der Waals surface area contributed by atoms with Crippen LogP contribution < -0.4 is 10.1 Å². The molecule has 1 aromatic heterocycles. The van der Waals surface area contributed by atoms with Gasteiger partial charge in [-0.25, -0.2) is 9.97 Å². The fraction of sp³-hybridized carbons (Fsp3) is 0.308. The number of benzene rings is 2. The molecule has 2 atom stereocenters. The first-order valence-corrected chi connectivity index (χ1v) is 11.4. The highest BCUT2D eigenvalue weighted by Gasteiger charge is 2.35. The molecule has 1 amide bonds. The van der Waals surface area contributed by atoms with Gasteiger partial charge >= 0.3 is 6.18 Å². The first kappa shape index (κ1) is 27.0. The van der Waals surface area contributed by atoms with Crippen molar-refractivity contribution in [1.29, 1.82) is 5.26 Å². The van der Waals surface area contributed by atoms with Gasteiger partial charge < -0.3 is 10.1 Å². The normalized spacial score (nSPS) is 13.4. The van der Waals surface area contributed by atoms with Crippen LogP contribution in [0.4, 0.5) is 13.2 Å². The summed E-state index contributed by atoms with van der Waals surface area (Å²) in [6.07, 6.45) is -3.94. The number of nitriles is 1. The SMILES string of the molecule is CC(c1ccc(Cl)cc1)C(CNC(=O)C(C)(C)Oc1cc(C(F)(F)F)ncn1)c1cccc(C#N)c1. The van der Waals surface area contributed by atoms with Gasteiger partial charge in [0.25, 0.3) is 5.91 Å². The van der Waals surface area contributed by atoms with Crippen LogP contribution in [-0.4, -0.2) is 28.0 Å². The van der Waals surface area contributed by atoms with Gasteiger partial charge in [0.1, 0.15) is 6.33 Å². The summed E-state index contributed by atoms with van der Waals surface area (Å²) < 4.78 is 44.4. The van der Waals surface area contributed by atoms with E-state index in [4.69, 9.17) is 16.3 Å². The largest absolute Gasteiger partial charge is 0.461 e. The Bertz CT molecular complexity index is 1260. The lowest BCUT2D eigenvalue weighted by Gasteiger charge is -2.29. The number of hydrogen-bond donors (Lipinski definition) is 1. The summed E-state index contributed by atoms with van der Waals surface area (Å²) in [5.41, 5.74) is -0.379. The predicted molar refractivity (Wildman–Crippen MR) is 129 cm³/mol. The van der Waals surface area contributed by atoms with Crippen LogP contribution in [0.2, 0.25) is 5.02 Å². The van der Waals surface area contributed by atoms with Gasteiger partial charge in [-0.05, 0) is 55.2 Å². The van der Waals surface area contributed by atoms with E-state index in [9.17, 15) is 23.2 Å². The Kier molecular flexibility index (Phi) is 8.21. The second-order valence-electron chi connectivity index (χ2n) is 8.75. The maximum absolute atomic E-state index is 13.0. The van der Waals surface area contributed by atoms with Crippen molar-refractivity contribution in [3.8, 4) is 11.9 Å². The van der Waals surface area contributed by atoms with Gasteiger partial charge in [-0.1, -0.05) is 42.8 Å². The van der Waals surface area contributed by atoms with Crippen molar-refractivity contribution in [2.75, 3.05) is 6.54 Å². The Morgan fingerprint density at radius 1 is 1.11 bits per heavy atom. The summed E-state index contributed by atoms with van der Waals surface area (Å²) in [5, 5.41) is 12.8. The van der Waals surface area contributed by atoms with Crippen LogP contribution in [0.25, 0.3) is 0 Å². The number of alkyl halides is 3. The van der Waals surface area contributed by atoms with Gasteiger partial charge in [-0.15, -0.1) is 0 Å². The van der Waals surface area contributed by atoms with Crippen molar-refractivity contribution in [3.63, 3.8) is 0 Å². The molecule has 0 spiro atoms. The smallest absolute Gasteiger partial charge is 0.433 e. The predicted octanol–water partition coefficient (Wildman–Crippen LogP) is 5.88. The van der Waals surface area contributed by atoms with E-state index < -0.39 is 23.4 Å². The molecular weight excluding hydrogens is 493 g/mol. The molecule has 0 aliphatic rings. The van der Waals surface area contributed by atoms with Crippen LogP contribution in [0.15, 0.2) is 60.9 Å². The summed E-state index contributed by atoms with van der Waals surface area (Å²) in [4.78, 5) is 19.9. The van der Waals surface area contributed by atoms with E-state index in [-0.39, 0.29) is 24.3 Å². The van der Waals surface area contributed by atoms with Crippen LogP contribution in [0.5, 0.6) is 5.88 Å². The van der Waals surface area contributed by atoms with E-state index in [1.807, 2.05) is 25.1 Å². The Morgan fingerprint density at radius 2 is 1.81 bits per heavy atom. The number of rotatable bonds is 8. The number of ether oxygens (including phenoxy) is 1. The first-order chi connectivity index (χ1) is 16.9. The molecule has 0 fully saturated rings. The summed E-state index contributed by atoms with van der Waals surface area (Å²) in [6.45, 7) is 5.06. The lowest BCUT2D eigenvalue weighted by molar-refractivity contribution is -0.141. The molecule has 3 rings (SSSR count). The van der Waals surface area contributed by atoms with Gasteiger partial charge in [-0.2, -0.15) is 18.4 Å². The zero-order valence-electron chi connectivity index (χ0n) is 19.8. The summed E-state index contributed by atoms with van der Waals surface area (Å²) >= 11 is 6.03. The van der Waals surface area contributed by atoms with Gasteiger partial charge in [-0.3, -0.25) is 4.79 Å². The fourth-order valence-electron chi connectivity index (χ4n) is 3.69. The molecule has 0 saturated heterocycles. The van der Waals surface area contributed by atoms with Crippen molar-refractivity contribution < 1.29 is 22.7 Å². The molecule has 1 N–H and O–H groups in total. The van der Waals surface area contributed by atoms with Gasteiger partial charge in [0.15, 0.2) is 11.3 Å². The van der Waals surface area contributed by atoms with Crippen LogP contribution in [0.1, 0.15) is 55.0 Å². The number of nitrogens with one attached hydrogen (secondary N) is 1. The Hall–Kier alpha value is -3.64. The highest BCUT2D eigenvalue weighted by molar-refractivity contribution is 6.30. The summed E-state index contributed by atoms with van der Waals surface area (Å²) in [7, 11) is 0. The zero-order valence-corrected chi connectivity index (χ0v) is 20.6. The summed E-state index contributed by atoms with van der Waals surface area (Å²) in [5.74, 6) is -1.21. The molecule has 3 aromatic rings. The minimum absolute atomic E-state index is 0.0725. The van der Waals surface area contributed by atoms with Crippen molar-refractivity contribution >= 4 is 17.5 Å². The Labute approximate surface area is 212 Å². The van der Waals surface area contributed by atoms with Crippen LogP contribution in [0.3, 0.4) is 0 Å². The van der Waals surface area contributed by atoms with Crippen molar-refractivity contribution in [2.45, 2.75) is 44.4 Å². The van der Waals surface area contributed by atoms with Crippen molar-refractivity contribution in [2.24, 2.45) is 0 Å². The van der Waals surface area contributed by atoms with E-state index in [0.717, 1.165) is 17.5 Å². The fourth-order valence-corrected chi connectivity index (χ4v) is 3.82. The molecule has 0 aliphatic carbocycles. The molecule has 6 nitrogen and oxygen atoms in total. The van der Waals surface area contributed by atoms with Crippen molar-refractivity contribution in [3.05, 3.63) is 88.3 Å². The molecule has 0 aliphatic heterocycles. The number of amides is 1. The molecule has 36 heavy (non-hydrogen) atoms. The molecule has 0 bridgehead atoms. The lowest BCUT2D eigenvalue weighted by atomic mass is 9.82. The second-order valence-corrected chi connectivity index (χ2v) is 9.18. The topological polar surface area (TPSA) is 87.9 Å². The minimum Gasteiger partial charge on any atom is -0.461 e. The standard InChI is InChI=1S/C26H24ClF3N4O2/c1-16(18-7-9-20(27)10-8-18)21(19-6-4-5-17(11-19)13-31)14-32-24(35)25(2,3)36-23-12-22(26(28,29)30)33-15-34-23/h4-12,15-16,21H,14H2,1-3H3,(H,32,35). The molecule has 2 aromatic carbocycles. The maximum Gasteiger partial charge on any atom is 0.433 e. The number of hydrogen-bond acceptors (Lipinski definition) is 5. The van der Waals surface area contributed by atoms with E-state index in [1.165, 1.54) is 13.8 Å². The maximum atomic E-state index is 13.0. The average molecular weight is 517 g/mol. The van der Waals surface area contributed by atoms with E-state index >= 15 is 0 Å². The lowest BCUT2D eigenvalue weighted by Crippen LogP contribution is -2.48. The van der Waals surface area contributed by atoms with Crippen molar-refractivity contribution in [1.82, 2.24) is 15.3 Å². The van der Waals surface area contributed by atoms with Gasteiger partial charge in [0.2, 0.25) is 5.88 Å². The second kappa shape index (κ2) is 11.0. The number of halogens is 4. The third kappa shape index (κ3) is 6.73. The molecule has 188 valence electrons. The quantitative estimate of drug-likeness (QED) is 0.404. The highest BCUT2D eigenvalue weighted by atomic mass is 35.5. The Balaban J connectivity index is 1.80.